The summed E-state index contributed by atoms with van der Waals surface area (Å²) in [6, 6.07) is 8.47. The molecule has 184 valence electrons. The smallest absolute Gasteiger partial charge is 0.398 e. The minimum Gasteiger partial charge on any atom is -0.398 e. The third-order valence-corrected chi connectivity index (χ3v) is 7.13. The molecular formula is C26H28F3N5S. The van der Waals surface area contributed by atoms with E-state index >= 15 is 0 Å². The fourth-order valence-electron chi connectivity index (χ4n) is 4.35. The lowest BCUT2D eigenvalue weighted by Crippen LogP contribution is -2.25. The van der Waals surface area contributed by atoms with E-state index in [-0.39, 0.29) is 11.2 Å². The maximum Gasteiger partial charge on any atom is 0.418 e. The maximum atomic E-state index is 14.0. The minimum atomic E-state index is -4.62. The first kappa shape index (κ1) is 25.1. The van der Waals surface area contributed by atoms with Gasteiger partial charge in [0.25, 0.3) is 0 Å². The first-order chi connectivity index (χ1) is 16.6. The SMILES string of the molecule is C=C(NCCN(C)C)c1ccc(-c2nc3c(C(F)(F)F)cc(N)c(C=N)c3c3c2CSCC3)cc1. The standard InChI is InChI=1S/C26H28F3N5S/c1-15(32-9-10-34(2)3)16-4-6-17(7-5-16)24-20-14-35-11-8-18(20)23-19(13-30)22(31)12-21(25(23)33-24)26(27,28)29/h4-7,12-13,30,32H,1,8-11,14,31H2,2-3H3. The number of nitrogen functional groups attached to an aromatic ring is 1. The number of alkyl halides is 3. The van der Waals surface area contributed by atoms with E-state index in [9.17, 15) is 13.2 Å². The van der Waals surface area contributed by atoms with Crippen LogP contribution >= 0.6 is 11.8 Å². The van der Waals surface area contributed by atoms with Crippen LogP contribution in [-0.2, 0) is 18.3 Å². The van der Waals surface area contributed by atoms with E-state index < -0.39 is 11.7 Å². The molecule has 1 aromatic heterocycles. The molecule has 0 amide bonds. The highest BCUT2D eigenvalue weighted by atomic mass is 32.2. The predicted octanol–water partition coefficient (Wildman–Crippen LogP) is 5.41. The van der Waals surface area contributed by atoms with Crippen molar-refractivity contribution in [2.45, 2.75) is 18.3 Å². The van der Waals surface area contributed by atoms with E-state index in [1.807, 2.05) is 38.4 Å². The average molecular weight is 500 g/mol. The second-order valence-corrected chi connectivity index (χ2v) is 9.90. The highest BCUT2D eigenvalue weighted by Gasteiger charge is 2.36. The van der Waals surface area contributed by atoms with Crippen molar-refractivity contribution < 1.29 is 13.2 Å². The molecule has 0 aliphatic carbocycles. The van der Waals surface area contributed by atoms with Crippen molar-refractivity contribution >= 4 is 40.3 Å². The molecule has 4 rings (SSSR count). The van der Waals surface area contributed by atoms with Gasteiger partial charge in [0.15, 0.2) is 0 Å². The molecule has 3 aromatic rings. The Morgan fingerprint density at radius 3 is 2.60 bits per heavy atom. The van der Waals surface area contributed by atoms with Gasteiger partial charge in [-0.25, -0.2) is 4.98 Å². The molecule has 2 aromatic carbocycles. The summed E-state index contributed by atoms with van der Waals surface area (Å²) in [4.78, 5) is 6.65. The molecule has 5 nitrogen and oxygen atoms in total. The van der Waals surface area contributed by atoms with Crippen LogP contribution in [0.4, 0.5) is 18.9 Å². The van der Waals surface area contributed by atoms with Gasteiger partial charge in [-0.05, 0) is 49.0 Å². The summed E-state index contributed by atoms with van der Waals surface area (Å²) in [5.74, 6) is 1.43. The number of hydrogen-bond acceptors (Lipinski definition) is 6. The molecule has 35 heavy (non-hydrogen) atoms. The van der Waals surface area contributed by atoms with Crippen molar-refractivity contribution in [1.82, 2.24) is 15.2 Å². The van der Waals surface area contributed by atoms with Gasteiger partial charge in [-0.15, -0.1) is 0 Å². The first-order valence-electron chi connectivity index (χ1n) is 11.2. The van der Waals surface area contributed by atoms with Crippen molar-refractivity contribution in [3.8, 4) is 11.3 Å². The van der Waals surface area contributed by atoms with Crippen molar-refractivity contribution in [1.29, 1.82) is 5.41 Å². The van der Waals surface area contributed by atoms with Crippen molar-refractivity contribution in [2.75, 3.05) is 38.7 Å². The fraction of sp³-hybridized carbons (Fsp3) is 0.308. The van der Waals surface area contributed by atoms with Gasteiger partial charge in [0.1, 0.15) is 0 Å². The molecule has 0 atom stereocenters. The van der Waals surface area contributed by atoms with Crippen LogP contribution in [0.5, 0.6) is 0 Å². The largest absolute Gasteiger partial charge is 0.418 e. The number of halogens is 3. The van der Waals surface area contributed by atoms with Gasteiger partial charge in [-0.3, -0.25) is 0 Å². The van der Waals surface area contributed by atoms with Gasteiger partial charge in [0.05, 0.1) is 16.8 Å². The summed E-state index contributed by atoms with van der Waals surface area (Å²) < 4.78 is 42.1. The van der Waals surface area contributed by atoms with Gasteiger partial charge in [-0.1, -0.05) is 30.8 Å². The van der Waals surface area contributed by atoms with Crippen LogP contribution in [0.25, 0.3) is 27.9 Å². The first-order valence-corrected chi connectivity index (χ1v) is 12.4. The number of aromatic nitrogens is 1. The van der Waals surface area contributed by atoms with Crippen LogP contribution in [0, 0.1) is 5.41 Å². The van der Waals surface area contributed by atoms with Gasteiger partial charge < -0.3 is 21.4 Å². The molecule has 0 saturated heterocycles. The Morgan fingerprint density at radius 1 is 1.26 bits per heavy atom. The summed E-state index contributed by atoms with van der Waals surface area (Å²) in [6.07, 6.45) is -2.99. The van der Waals surface area contributed by atoms with Gasteiger partial charge in [-0.2, -0.15) is 24.9 Å². The number of rotatable bonds is 7. The molecule has 0 saturated carbocycles. The van der Waals surface area contributed by atoms with E-state index in [0.29, 0.717) is 28.8 Å². The number of hydrogen-bond donors (Lipinski definition) is 3. The van der Waals surface area contributed by atoms with Crippen LogP contribution in [0.15, 0.2) is 36.9 Å². The number of benzene rings is 2. The molecule has 2 heterocycles. The Kier molecular flexibility index (Phi) is 7.10. The van der Waals surface area contributed by atoms with Crippen LogP contribution in [0.2, 0.25) is 0 Å². The molecule has 1 aliphatic heterocycles. The van der Waals surface area contributed by atoms with Gasteiger partial charge in [0, 0.05) is 53.0 Å². The molecule has 0 spiro atoms. The number of aryl methyl sites for hydroxylation is 1. The molecule has 9 heteroatoms. The molecule has 1 aliphatic rings. The zero-order valence-electron chi connectivity index (χ0n) is 19.7. The van der Waals surface area contributed by atoms with E-state index in [1.54, 1.807) is 11.8 Å². The lowest BCUT2D eigenvalue weighted by molar-refractivity contribution is -0.136. The summed E-state index contributed by atoms with van der Waals surface area (Å²) >= 11 is 1.72. The Bertz CT molecular complexity index is 1280. The molecule has 0 fully saturated rings. The monoisotopic (exact) mass is 499 g/mol. The van der Waals surface area contributed by atoms with Crippen LogP contribution in [-0.4, -0.2) is 49.0 Å². The maximum absolute atomic E-state index is 14.0. The highest BCUT2D eigenvalue weighted by molar-refractivity contribution is 7.98. The number of pyridine rings is 1. The van der Waals surface area contributed by atoms with E-state index in [1.165, 1.54) is 0 Å². The van der Waals surface area contributed by atoms with E-state index in [4.69, 9.17) is 11.1 Å². The number of nitrogens with zero attached hydrogens (tertiary/aromatic N) is 2. The minimum absolute atomic E-state index is 0.0561. The number of likely N-dealkylation sites (N-methyl/N-ethyl adjacent to an activating group) is 1. The third-order valence-electron chi connectivity index (χ3n) is 6.14. The number of nitrogens with one attached hydrogen (secondary N) is 2. The Hall–Kier alpha value is -3.04. The molecule has 0 unspecified atom stereocenters. The highest BCUT2D eigenvalue weighted by Crippen LogP contribution is 2.43. The lowest BCUT2D eigenvalue weighted by atomic mass is 9.90. The second kappa shape index (κ2) is 9.91. The van der Waals surface area contributed by atoms with Crippen molar-refractivity contribution in [2.24, 2.45) is 0 Å². The number of anilines is 1. The summed E-state index contributed by atoms with van der Waals surface area (Å²) in [6.45, 7) is 5.71. The number of fused-ring (bicyclic) bond motifs is 3. The normalized spacial score (nSPS) is 13.7. The van der Waals surface area contributed by atoms with Crippen LogP contribution in [0.1, 0.15) is 27.8 Å². The van der Waals surface area contributed by atoms with E-state index in [2.05, 4.69) is 21.8 Å². The zero-order valence-corrected chi connectivity index (χ0v) is 20.5. The second-order valence-electron chi connectivity index (χ2n) is 8.80. The van der Waals surface area contributed by atoms with Gasteiger partial charge >= 0.3 is 6.18 Å². The van der Waals surface area contributed by atoms with E-state index in [0.717, 1.165) is 59.1 Å². The quantitative estimate of drug-likeness (QED) is 0.299. The molecule has 0 bridgehead atoms. The predicted molar refractivity (Wildman–Crippen MR) is 140 cm³/mol. The van der Waals surface area contributed by atoms with Crippen LogP contribution in [0.3, 0.4) is 0 Å². The van der Waals surface area contributed by atoms with Crippen LogP contribution < -0.4 is 11.1 Å². The average Bonchev–Trinajstić information content (AvgIpc) is 2.82. The number of thioether (sulfide) groups is 1. The van der Waals surface area contributed by atoms with Crippen molar-refractivity contribution in [3.63, 3.8) is 0 Å². The summed E-state index contributed by atoms with van der Waals surface area (Å²) in [5.41, 5.74) is 9.90. The number of nitrogens with two attached hydrogens (primary N) is 1. The Morgan fingerprint density at radius 2 is 1.97 bits per heavy atom. The van der Waals surface area contributed by atoms with Crippen molar-refractivity contribution in [3.05, 3.63) is 64.7 Å². The molecule has 4 N–H and O–H groups in total. The molecular weight excluding hydrogens is 471 g/mol. The zero-order chi connectivity index (χ0) is 25.3. The third kappa shape index (κ3) is 5.01. The summed E-state index contributed by atoms with van der Waals surface area (Å²) in [5, 5.41) is 11.5. The topological polar surface area (TPSA) is 78.0 Å². The van der Waals surface area contributed by atoms with Gasteiger partial charge in [0.2, 0.25) is 0 Å². The fourth-order valence-corrected chi connectivity index (χ4v) is 5.36. The lowest BCUT2D eigenvalue weighted by Gasteiger charge is -2.24. The Labute approximate surface area is 207 Å². The summed E-state index contributed by atoms with van der Waals surface area (Å²) in [7, 11) is 4.00. The Balaban J connectivity index is 1.85. The molecule has 0 radical (unpaired) electrons.